The number of carbonyl (C=O) groups excluding carboxylic acids is 2. The second-order valence-electron chi connectivity index (χ2n) is 8.04. The van der Waals surface area contributed by atoms with E-state index in [2.05, 4.69) is 5.10 Å². The summed E-state index contributed by atoms with van der Waals surface area (Å²) in [5.41, 5.74) is 0.499. The lowest BCUT2D eigenvalue weighted by atomic mass is 10.1. The molecule has 162 valence electrons. The zero-order chi connectivity index (χ0) is 22.5. The van der Waals surface area contributed by atoms with Crippen LogP contribution in [0.15, 0.2) is 59.4 Å². The van der Waals surface area contributed by atoms with E-state index in [-0.39, 0.29) is 29.1 Å². The fraction of sp³-hybridized carbons (Fsp3) is 0.333. The first-order valence-electron chi connectivity index (χ1n) is 10.3. The fourth-order valence-corrected chi connectivity index (χ4v) is 3.44. The molecular formula is C24H27N3O4. The number of amides is 1. The van der Waals surface area contributed by atoms with Crippen molar-refractivity contribution in [1.29, 1.82) is 0 Å². The van der Waals surface area contributed by atoms with Gasteiger partial charge in [-0.25, -0.2) is 9.48 Å². The van der Waals surface area contributed by atoms with Crippen molar-refractivity contribution < 1.29 is 14.3 Å². The number of carbonyl (C=O) groups is 2. The predicted octanol–water partition coefficient (Wildman–Crippen LogP) is 3.65. The molecule has 3 rings (SSSR count). The average Bonchev–Trinajstić information content (AvgIpc) is 2.74. The summed E-state index contributed by atoms with van der Waals surface area (Å²) in [5.74, 6) is -0.907. The van der Waals surface area contributed by atoms with Gasteiger partial charge in [0.15, 0.2) is 12.3 Å². The highest BCUT2D eigenvalue weighted by Crippen LogP contribution is 2.18. The number of hydrogen-bond acceptors (Lipinski definition) is 5. The Morgan fingerprint density at radius 3 is 2.19 bits per heavy atom. The SMILES string of the molecule is CC(C)Cn1nc(C(=O)OCC(=O)N(c2ccccc2)C(C)C)c2ccccc2c1=O. The van der Waals surface area contributed by atoms with Crippen LogP contribution < -0.4 is 10.5 Å². The zero-order valence-electron chi connectivity index (χ0n) is 18.2. The minimum Gasteiger partial charge on any atom is -0.451 e. The number of para-hydroxylation sites is 1. The van der Waals surface area contributed by atoms with Crippen molar-refractivity contribution in [2.75, 3.05) is 11.5 Å². The second-order valence-corrected chi connectivity index (χ2v) is 8.04. The summed E-state index contributed by atoms with van der Waals surface area (Å²) in [6.45, 7) is 7.66. The smallest absolute Gasteiger partial charge is 0.359 e. The second kappa shape index (κ2) is 9.55. The minimum atomic E-state index is -0.737. The van der Waals surface area contributed by atoms with Crippen molar-refractivity contribution >= 4 is 28.3 Å². The van der Waals surface area contributed by atoms with Gasteiger partial charge in [0.1, 0.15) is 0 Å². The Kier molecular flexibility index (Phi) is 6.84. The van der Waals surface area contributed by atoms with E-state index >= 15 is 0 Å². The van der Waals surface area contributed by atoms with Gasteiger partial charge in [0.05, 0.1) is 5.39 Å². The van der Waals surface area contributed by atoms with Gasteiger partial charge in [0.2, 0.25) is 0 Å². The molecule has 1 aromatic heterocycles. The third-order valence-electron chi connectivity index (χ3n) is 4.75. The highest BCUT2D eigenvalue weighted by molar-refractivity contribution is 6.03. The molecule has 0 atom stereocenters. The summed E-state index contributed by atoms with van der Waals surface area (Å²) in [7, 11) is 0. The van der Waals surface area contributed by atoms with Crippen LogP contribution >= 0.6 is 0 Å². The summed E-state index contributed by atoms with van der Waals surface area (Å²) in [6.07, 6.45) is 0. The maximum atomic E-state index is 12.9. The Morgan fingerprint density at radius 2 is 1.58 bits per heavy atom. The summed E-state index contributed by atoms with van der Waals surface area (Å²) >= 11 is 0. The first-order chi connectivity index (χ1) is 14.8. The van der Waals surface area contributed by atoms with Crippen LogP contribution in [0.5, 0.6) is 0 Å². The molecule has 0 aliphatic heterocycles. The summed E-state index contributed by atoms with van der Waals surface area (Å²) < 4.78 is 6.63. The van der Waals surface area contributed by atoms with Crippen LogP contribution in [0.2, 0.25) is 0 Å². The number of esters is 1. The Bertz CT molecular complexity index is 1140. The quantitative estimate of drug-likeness (QED) is 0.544. The van der Waals surface area contributed by atoms with E-state index in [0.29, 0.717) is 17.3 Å². The van der Waals surface area contributed by atoms with Crippen molar-refractivity contribution in [2.45, 2.75) is 40.3 Å². The van der Waals surface area contributed by atoms with Crippen molar-refractivity contribution in [3.63, 3.8) is 0 Å². The van der Waals surface area contributed by atoms with E-state index in [0.717, 1.165) is 5.69 Å². The van der Waals surface area contributed by atoms with Crippen LogP contribution in [0.4, 0.5) is 5.69 Å². The number of nitrogens with zero attached hydrogens (tertiary/aromatic N) is 3. The van der Waals surface area contributed by atoms with Crippen LogP contribution in [0.3, 0.4) is 0 Å². The molecule has 3 aromatic rings. The number of anilines is 1. The van der Waals surface area contributed by atoms with Crippen LogP contribution in [0.25, 0.3) is 10.8 Å². The molecule has 0 saturated heterocycles. The van der Waals surface area contributed by atoms with Crippen LogP contribution in [-0.4, -0.2) is 34.3 Å². The first-order valence-corrected chi connectivity index (χ1v) is 10.3. The molecule has 0 aliphatic carbocycles. The molecule has 1 heterocycles. The maximum Gasteiger partial charge on any atom is 0.359 e. The molecule has 0 saturated carbocycles. The average molecular weight is 421 g/mol. The van der Waals surface area contributed by atoms with Gasteiger partial charge in [0.25, 0.3) is 11.5 Å². The Balaban J connectivity index is 1.87. The van der Waals surface area contributed by atoms with Gasteiger partial charge in [-0.2, -0.15) is 5.10 Å². The van der Waals surface area contributed by atoms with E-state index in [4.69, 9.17) is 4.74 Å². The largest absolute Gasteiger partial charge is 0.451 e. The lowest BCUT2D eigenvalue weighted by Gasteiger charge is -2.26. The van der Waals surface area contributed by atoms with Crippen LogP contribution in [0, 0.1) is 5.92 Å². The van der Waals surface area contributed by atoms with Crippen LogP contribution in [0.1, 0.15) is 38.2 Å². The lowest BCUT2D eigenvalue weighted by molar-refractivity contribution is -0.122. The monoisotopic (exact) mass is 421 g/mol. The third kappa shape index (κ3) is 4.99. The molecule has 7 heteroatoms. The molecule has 0 aliphatic rings. The molecule has 0 spiro atoms. The number of ether oxygens (including phenoxy) is 1. The normalized spacial score (nSPS) is 11.2. The molecule has 7 nitrogen and oxygen atoms in total. The van der Waals surface area contributed by atoms with Gasteiger partial charge in [-0.05, 0) is 38.0 Å². The zero-order valence-corrected chi connectivity index (χ0v) is 18.2. The van der Waals surface area contributed by atoms with E-state index in [1.165, 1.54) is 4.68 Å². The Hall–Kier alpha value is -3.48. The molecule has 0 unspecified atom stereocenters. The summed E-state index contributed by atoms with van der Waals surface area (Å²) in [6, 6.07) is 15.9. The lowest BCUT2D eigenvalue weighted by Crippen LogP contribution is -2.40. The Labute approximate surface area is 181 Å². The molecule has 0 radical (unpaired) electrons. The standard InChI is InChI=1S/C24H27N3O4/c1-16(2)14-26-23(29)20-13-9-8-12-19(20)22(25-26)24(30)31-15-21(28)27(17(3)4)18-10-6-5-7-11-18/h5-13,16-17H,14-15H2,1-4H3. The summed E-state index contributed by atoms with van der Waals surface area (Å²) in [4.78, 5) is 40.0. The number of aromatic nitrogens is 2. The van der Waals surface area contributed by atoms with Crippen molar-refractivity contribution in [1.82, 2.24) is 9.78 Å². The van der Waals surface area contributed by atoms with Gasteiger partial charge in [-0.1, -0.05) is 50.2 Å². The number of rotatable bonds is 7. The van der Waals surface area contributed by atoms with Gasteiger partial charge < -0.3 is 9.64 Å². The molecule has 2 aromatic carbocycles. The summed E-state index contributed by atoms with van der Waals surface area (Å²) in [5, 5.41) is 5.07. The van der Waals surface area contributed by atoms with Gasteiger partial charge in [-0.15, -0.1) is 0 Å². The molecule has 1 amide bonds. The molecule has 0 bridgehead atoms. The van der Waals surface area contributed by atoms with Crippen molar-refractivity contribution in [2.24, 2.45) is 5.92 Å². The van der Waals surface area contributed by atoms with E-state index in [1.807, 2.05) is 58.0 Å². The van der Waals surface area contributed by atoms with Crippen molar-refractivity contribution in [3.05, 3.63) is 70.6 Å². The Morgan fingerprint density at radius 1 is 0.968 bits per heavy atom. The topological polar surface area (TPSA) is 81.5 Å². The van der Waals surface area contributed by atoms with E-state index in [9.17, 15) is 14.4 Å². The maximum absolute atomic E-state index is 12.9. The minimum absolute atomic E-state index is 0.0273. The highest BCUT2D eigenvalue weighted by Gasteiger charge is 2.23. The van der Waals surface area contributed by atoms with E-state index < -0.39 is 12.6 Å². The van der Waals surface area contributed by atoms with Gasteiger partial charge in [0, 0.05) is 23.7 Å². The highest BCUT2D eigenvalue weighted by atomic mass is 16.5. The van der Waals surface area contributed by atoms with Crippen LogP contribution in [-0.2, 0) is 16.1 Å². The number of hydrogen-bond donors (Lipinski definition) is 0. The van der Waals surface area contributed by atoms with Crippen molar-refractivity contribution in [3.8, 4) is 0 Å². The molecule has 0 fully saturated rings. The van der Waals surface area contributed by atoms with Gasteiger partial charge >= 0.3 is 5.97 Å². The van der Waals surface area contributed by atoms with E-state index in [1.54, 1.807) is 29.2 Å². The number of benzene rings is 2. The molecular weight excluding hydrogens is 394 g/mol. The number of fused-ring (bicyclic) bond motifs is 1. The first kappa shape index (κ1) is 22.2. The predicted molar refractivity (Wildman–Crippen MR) is 120 cm³/mol. The van der Waals surface area contributed by atoms with Gasteiger partial charge in [-0.3, -0.25) is 9.59 Å². The fourth-order valence-electron chi connectivity index (χ4n) is 3.44. The molecule has 0 N–H and O–H groups in total. The molecule has 31 heavy (non-hydrogen) atoms. The third-order valence-corrected chi connectivity index (χ3v) is 4.75.